The second-order valence-electron chi connectivity index (χ2n) is 3.88. The van der Waals surface area contributed by atoms with Gasteiger partial charge in [-0.2, -0.15) is 0 Å². The highest BCUT2D eigenvalue weighted by Gasteiger charge is 2.06. The van der Waals surface area contributed by atoms with E-state index in [0.717, 1.165) is 11.3 Å². The SMILES string of the molecule is Cc1ccc(Nc2nnc(CCCl)o2)c(C)c1. The number of benzene rings is 1. The second-order valence-corrected chi connectivity index (χ2v) is 4.26. The Labute approximate surface area is 105 Å². The summed E-state index contributed by atoms with van der Waals surface area (Å²) < 4.78 is 5.40. The number of hydrogen-bond acceptors (Lipinski definition) is 4. The van der Waals surface area contributed by atoms with Gasteiger partial charge in [0.25, 0.3) is 0 Å². The highest BCUT2D eigenvalue weighted by atomic mass is 35.5. The van der Waals surface area contributed by atoms with Crippen LogP contribution in [0.3, 0.4) is 0 Å². The molecule has 1 N–H and O–H groups in total. The molecule has 0 unspecified atom stereocenters. The lowest BCUT2D eigenvalue weighted by atomic mass is 10.1. The summed E-state index contributed by atoms with van der Waals surface area (Å²) in [5, 5.41) is 10.9. The minimum atomic E-state index is 0.400. The Morgan fingerprint density at radius 3 is 2.82 bits per heavy atom. The van der Waals surface area contributed by atoms with E-state index in [1.807, 2.05) is 19.1 Å². The molecule has 0 aliphatic carbocycles. The number of rotatable bonds is 4. The maximum atomic E-state index is 5.60. The van der Waals surface area contributed by atoms with Gasteiger partial charge >= 0.3 is 6.01 Å². The lowest BCUT2D eigenvalue weighted by Gasteiger charge is -2.05. The monoisotopic (exact) mass is 251 g/mol. The molecule has 0 fully saturated rings. The zero-order chi connectivity index (χ0) is 12.3. The molecule has 1 heterocycles. The van der Waals surface area contributed by atoms with Gasteiger partial charge in [0.1, 0.15) is 0 Å². The lowest BCUT2D eigenvalue weighted by molar-refractivity contribution is 0.516. The van der Waals surface area contributed by atoms with Crippen LogP contribution in [0.2, 0.25) is 0 Å². The molecule has 0 saturated carbocycles. The summed E-state index contributed by atoms with van der Waals surface area (Å²) in [6, 6.07) is 6.52. The third-order valence-corrected chi connectivity index (χ3v) is 2.59. The van der Waals surface area contributed by atoms with Gasteiger partial charge in [0, 0.05) is 18.0 Å². The summed E-state index contributed by atoms with van der Waals surface area (Å²) in [6.45, 7) is 4.09. The predicted octanol–water partition coefficient (Wildman–Crippen LogP) is 3.21. The summed E-state index contributed by atoms with van der Waals surface area (Å²) in [4.78, 5) is 0. The van der Waals surface area contributed by atoms with Crippen LogP contribution in [0.25, 0.3) is 0 Å². The average Bonchev–Trinajstić information content (AvgIpc) is 2.71. The molecule has 2 rings (SSSR count). The number of aryl methyl sites for hydroxylation is 3. The quantitative estimate of drug-likeness (QED) is 0.848. The Bertz CT molecular complexity index is 510. The van der Waals surface area contributed by atoms with Gasteiger partial charge in [0.2, 0.25) is 5.89 Å². The van der Waals surface area contributed by atoms with Gasteiger partial charge in [0.15, 0.2) is 0 Å². The van der Waals surface area contributed by atoms with E-state index in [0.29, 0.717) is 24.2 Å². The first-order chi connectivity index (χ1) is 8.19. The standard InChI is InChI=1S/C12H14ClN3O/c1-8-3-4-10(9(2)7-8)14-12-16-15-11(17-12)5-6-13/h3-4,7H,5-6H2,1-2H3,(H,14,16). The molecule has 0 radical (unpaired) electrons. The fourth-order valence-corrected chi connectivity index (χ4v) is 1.72. The predicted molar refractivity (Wildman–Crippen MR) is 67.9 cm³/mol. The van der Waals surface area contributed by atoms with Crippen molar-refractivity contribution in [3.05, 3.63) is 35.2 Å². The second kappa shape index (κ2) is 5.19. The molecular formula is C12H14ClN3O. The summed E-state index contributed by atoms with van der Waals surface area (Å²) in [5.74, 6) is 1.03. The summed E-state index contributed by atoms with van der Waals surface area (Å²) >= 11 is 5.60. The number of nitrogens with one attached hydrogen (secondary N) is 1. The molecule has 5 heteroatoms. The summed E-state index contributed by atoms with van der Waals surface area (Å²) in [7, 11) is 0. The molecular weight excluding hydrogens is 238 g/mol. The number of alkyl halides is 1. The van der Waals surface area contributed by atoms with Crippen LogP contribution < -0.4 is 5.32 Å². The van der Waals surface area contributed by atoms with Gasteiger partial charge < -0.3 is 9.73 Å². The fourth-order valence-electron chi connectivity index (χ4n) is 1.56. The van der Waals surface area contributed by atoms with Crippen LogP contribution in [0.4, 0.5) is 11.7 Å². The van der Waals surface area contributed by atoms with Gasteiger partial charge in [-0.1, -0.05) is 22.8 Å². The van der Waals surface area contributed by atoms with Crippen molar-refractivity contribution < 1.29 is 4.42 Å². The fraction of sp³-hybridized carbons (Fsp3) is 0.333. The minimum absolute atomic E-state index is 0.400. The maximum Gasteiger partial charge on any atom is 0.320 e. The Morgan fingerprint density at radius 1 is 1.29 bits per heavy atom. The van der Waals surface area contributed by atoms with E-state index in [-0.39, 0.29) is 0 Å². The summed E-state index contributed by atoms with van der Waals surface area (Å²) in [5.41, 5.74) is 3.33. The zero-order valence-corrected chi connectivity index (χ0v) is 10.6. The van der Waals surface area contributed by atoms with E-state index in [4.69, 9.17) is 16.0 Å². The van der Waals surface area contributed by atoms with Gasteiger partial charge in [0.05, 0.1) is 0 Å². The van der Waals surface area contributed by atoms with Crippen molar-refractivity contribution in [2.45, 2.75) is 20.3 Å². The van der Waals surface area contributed by atoms with Crippen LogP contribution >= 0.6 is 11.6 Å². The van der Waals surface area contributed by atoms with Crippen LogP contribution in [-0.2, 0) is 6.42 Å². The van der Waals surface area contributed by atoms with E-state index in [1.165, 1.54) is 5.56 Å². The van der Waals surface area contributed by atoms with Crippen molar-refractivity contribution >= 4 is 23.3 Å². The zero-order valence-electron chi connectivity index (χ0n) is 9.83. The van der Waals surface area contributed by atoms with Gasteiger partial charge in [-0.25, -0.2) is 0 Å². The molecule has 0 amide bonds. The van der Waals surface area contributed by atoms with Crippen LogP contribution in [0.15, 0.2) is 22.6 Å². The molecule has 90 valence electrons. The Balaban J connectivity index is 2.13. The number of aromatic nitrogens is 2. The van der Waals surface area contributed by atoms with Crippen molar-refractivity contribution in [3.63, 3.8) is 0 Å². The molecule has 2 aromatic rings. The number of halogens is 1. The van der Waals surface area contributed by atoms with Crippen molar-refractivity contribution in [2.24, 2.45) is 0 Å². The van der Waals surface area contributed by atoms with Crippen molar-refractivity contribution in [1.29, 1.82) is 0 Å². The Hall–Kier alpha value is -1.55. The summed E-state index contributed by atoms with van der Waals surface area (Å²) in [6.07, 6.45) is 0.586. The molecule has 0 spiro atoms. The maximum absolute atomic E-state index is 5.60. The van der Waals surface area contributed by atoms with Gasteiger partial charge in [-0.15, -0.1) is 16.7 Å². The van der Waals surface area contributed by atoms with Gasteiger partial charge in [-0.05, 0) is 25.5 Å². The average molecular weight is 252 g/mol. The third kappa shape index (κ3) is 2.97. The third-order valence-electron chi connectivity index (χ3n) is 2.40. The highest BCUT2D eigenvalue weighted by molar-refractivity contribution is 6.17. The van der Waals surface area contributed by atoms with Crippen LogP contribution in [0, 0.1) is 13.8 Å². The molecule has 0 aliphatic heterocycles. The lowest BCUT2D eigenvalue weighted by Crippen LogP contribution is -1.93. The van der Waals surface area contributed by atoms with E-state index < -0.39 is 0 Å². The largest absolute Gasteiger partial charge is 0.408 e. The van der Waals surface area contributed by atoms with Gasteiger partial charge in [-0.3, -0.25) is 0 Å². The van der Waals surface area contributed by atoms with E-state index in [9.17, 15) is 0 Å². The molecule has 0 atom stereocenters. The highest BCUT2D eigenvalue weighted by Crippen LogP contribution is 2.20. The molecule has 1 aromatic heterocycles. The molecule has 4 nitrogen and oxygen atoms in total. The van der Waals surface area contributed by atoms with Crippen molar-refractivity contribution in [1.82, 2.24) is 10.2 Å². The van der Waals surface area contributed by atoms with E-state index >= 15 is 0 Å². The Kier molecular flexibility index (Phi) is 3.64. The van der Waals surface area contributed by atoms with Crippen molar-refractivity contribution in [3.8, 4) is 0 Å². The first-order valence-corrected chi connectivity index (χ1v) is 5.95. The minimum Gasteiger partial charge on any atom is -0.408 e. The number of anilines is 2. The van der Waals surface area contributed by atoms with Crippen LogP contribution in [0.5, 0.6) is 0 Å². The number of nitrogens with zero attached hydrogens (tertiary/aromatic N) is 2. The smallest absolute Gasteiger partial charge is 0.320 e. The normalized spacial score (nSPS) is 10.5. The molecule has 0 saturated heterocycles. The van der Waals surface area contributed by atoms with Crippen LogP contribution in [0.1, 0.15) is 17.0 Å². The van der Waals surface area contributed by atoms with Crippen LogP contribution in [-0.4, -0.2) is 16.1 Å². The first kappa shape index (κ1) is 11.9. The molecule has 17 heavy (non-hydrogen) atoms. The first-order valence-electron chi connectivity index (χ1n) is 5.41. The van der Waals surface area contributed by atoms with Crippen molar-refractivity contribution in [2.75, 3.05) is 11.2 Å². The Morgan fingerprint density at radius 2 is 2.12 bits per heavy atom. The van der Waals surface area contributed by atoms with E-state index in [1.54, 1.807) is 0 Å². The number of hydrogen-bond donors (Lipinski definition) is 1. The molecule has 1 aromatic carbocycles. The van der Waals surface area contributed by atoms with E-state index in [2.05, 4.69) is 28.5 Å². The molecule has 0 bridgehead atoms. The topological polar surface area (TPSA) is 51.0 Å². The molecule has 0 aliphatic rings.